The fourth-order valence-corrected chi connectivity index (χ4v) is 9.36. The van der Waals surface area contributed by atoms with Crippen LogP contribution >= 0.6 is 0 Å². The molecule has 9 atom stereocenters. The summed E-state index contributed by atoms with van der Waals surface area (Å²) >= 11 is 0. The van der Waals surface area contributed by atoms with E-state index >= 15 is 0 Å². The van der Waals surface area contributed by atoms with Gasteiger partial charge in [0.05, 0.1) is 17.3 Å². The van der Waals surface area contributed by atoms with Crippen LogP contribution in [0, 0.1) is 17.3 Å². The molecular formula is C30H38N2O3. The second-order valence-electron chi connectivity index (χ2n) is 12.7. The Hall–Kier alpha value is -1.79. The summed E-state index contributed by atoms with van der Waals surface area (Å²) in [5.41, 5.74) is 2.07. The average Bonchev–Trinajstić information content (AvgIpc) is 3.37. The lowest BCUT2D eigenvalue weighted by atomic mass is 9.54. The lowest BCUT2D eigenvalue weighted by Crippen LogP contribution is -2.63. The van der Waals surface area contributed by atoms with Crippen molar-refractivity contribution in [2.24, 2.45) is 17.3 Å². The van der Waals surface area contributed by atoms with Gasteiger partial charge in [-0.15, -0.1) is 0 Å². The van der Waals surface area contributed by atoms with Gasteiger partial charge in [0.1, 0.15) is 6.10 Å². The lowest BCUT2D eigenvalue weighted by molar-refractivity contribution is -0.211. The molecule has 5 heteroatoms. The summed E-state index contributed by atoms with van der Waals surface area (Å²) in [6.07, 6.45) is 12.1. The number of aromatic nitrogens is 1. The van der Waals surface area contributed by atoms with Gasteiger partial charge in [0, 0.05) is 29.7 Å². The third kappa shape index (κ3) is 2.87. The van der Waals surface area contributed by atoms with E-state index in [1.165, 1.54) is 35.6 Å². The highest BCUT2D eigenvalue weighted by atomic mass is 16.5. The molecule has 7 rings (SSSR count). The Balaban J connectivity index is 1.26. The largest absolute Gasteiger partial charge is 0.388 e. The fourth-order valence-electron chi connectivity index (χ4n) is 9.36. The van der Waals surface area contributed by atoms with Gasteiger partial charge < -0.3 is 19.8 Å². The second kappa shape index (κ2) is 7.38. The molecule has 2 aromatic rings. The molecule has 1 aromatic heterocycles. The van der Waals surface area contributed by atoms with Gasteiger partial charge in [-0.1, -0.05) is 25.1 Å². The van der Waals surface area contributed by atoms with E-state index in [9.17, 15) is 10.2 Å². The van der Waals surface area contributed by atoms with Crippen molar-refractivity contribution >= 4 is 10.8 Å². The van der Waals surface area contributed by atoms with Crippen molar-refractivity contribution in [1.82, 2.24) is 9.88 Å². The lowest BCUT2D eigenvalue weighted by Gasteiger charge is -2.59. The first-order valence-corrected chi connectivity index (χ1v) is 13.6. The SMILES string of the molecule is CN(C)[C@H]1C[C@@]23CC[C@@]4(O2)C(C=C3[C@@H](O)[C@@H]1O)CC[C@]1(C)[C@@H](c2ccc3ccncc3c2)CC[C@H]14. The average molecular weight is 475 g/mol. The summed E-state index contributed by atoms with van der Waals surface area (Å²) in [5.74, 6) is 1.39. The number of aliphatic hydroxyl groups excluding tert-OH is 2. The van der Waals surface area contributed by atoms with Crippen molar-refractivity contribution in [3.63, 3.8) is 0 Å². The van der Waals surface area contributed by atoms with Crippen LogP contribution in [0.2, 0.25) is 0 Å². The van der Waals surface area contributed by atoms with Crippen molar-refractivity contribution in [1.29, 1.82) is 0 Å². The number of likely N-dealkylation sites (N-methyl/N-ethyl adjacent to an activating group) is 1. The molecule has 4 fully saturated rings. The second-order valence-corrected chi connectivity index (χ2v) is 12.7. The van der Waals surface area contributed by atoms with Gasteiger partial charge in [-0.3, -0.25) is 4.98 Å². The summed E-state index contributed by atoms with van der Waals surface area (Å²) in [7, 11) is 4.00. The third-order valence-electron chi connectivity index (χ3n) is 11.1. The molecule has 1 saturated heterocycles. The molecule has 186 valence electrons. The summed E-state index contributed by atoms with van der Waals surface area (Å²) in [6.45, 7) is 2.53. The summed E-state index contributed by atoms with van der Waals surface area (Å²) in [4.78, 5) is 6.42. The van der Waals surface area contributed by atoms with Crippen molar-refractivity contribution in [2.45, 2.75) is 87.2 Å². The van der Waals surface area contributed by atoms with Crippen LogP contribution in [0.5, 0.6) is 0 Å². The molecule has 2 bridgehead atoms. The minimum Gasteiger partial charge on any atom is -0.388 e. The Morgan fingerprint density at radius 1 is 1.03 bits per heavy atom. The normalized spacial score (nSPS) is 46.3. The zero-order valence-corrected chi connectivity index (χ0v) is 21.2. The van der Waals surface area contributed by atoms with Gasteiger partial charge >= 0.3 is 0 Å². The van der Waals surface area contributed by atoms with Crippen LogP contribution in [-0.4, -0.2) is 63.6 Å². The predicted octanol–water partition coefficient (Wildman–Crippen LogP) is 4.43. The van der Waals surface area contributed by atoms with Gasteiger partial charge in [0.15, 0.2) is 0 Å². The van der Waals surface area contributed by atoms with Crippen LogP contribution in [0.3, 0.4) is 0 Å². The smallest absolute Gasteiger partial charge is 0.105 e. The van der Waals surface area contributed by atoms with E-state index in [-0.39, 0.29) is 17.1 Å². The van der Waals surface area contributed by atoms with Crippen LogP contribution in [0.15, 0.2) is 48.3 Å². The van der Waals surface area contributed by atoms with Gasteiger partial charge in [0.25, 0.3) is 0 Å². The highest BCUT2D eigenvalue weighted by molar-refractivity contribution is 5.82. The van der Waals surface area contributed by atoms with Gasteiger partial charge in [-0.25, -0.2) is 0 Å². The van der Waals surface area contributed by atoms with E-state index in [2.05, 4.69) is 47.1 Å². The van der Waals surface area contributed by atoms with E-state index in [0.29, 0.717) is 17.8 Å². The molecule has 2 aliphatic heterocycles. The number of aliphatic hydroxyl groups is 2. The van der Waals surface area contributed by atoms with Gasteiger partial charge in [-0.2, -0.15) is 0 Å². The molecule has 2 spiro atoms. The number of nitrogens with zero attached hydrogens (tertiary/aromatic N) is 2. The molecule has 0 amide bonds. The molecule has 3 saturated carbocycles. The van der Waals surface area contributed by atoms with E-state index in [4.69, 9.17) is 4.74 Å². The maximum atomic E-state index is 11.2. The maximum absolute atomic E-state index is 11.2. The molecule has 3 heterocycles. The van der Waals surface area contributed by atoms with Crippen LogP contribution < -0.4 is 0 Å². The van der Waals surface area contributed by atoms with E-state index < -0.39 is 17.8 Å². The van der Waals surface area contributed by atoms with Crippen molar-refractivity contribution in [2.75, 3.05) is 14.1 Å². The number of hydrogen-bond donors (Lipinski definition) is 2. The minimum atomic E-state index is -0.830. The first kappa shape index (κ1) is 22.4. The highest BCUT2D eigenvalue weighted by Gasteiger charge is 2.69. The van der Waals surface area contributed by atoms with E-state index in [0.717, 1.165) is 31.3 Å². The highest BCUT2D eigenvalue weighted by Crippen LogP contribution is 2.70. The van der Waals surface area contributed by atoms with E-state index in [1.807, 2.05) is 26.5 Å². The number of hydrogen-bond acceptors (Lipinski definition) is 5. The molecule has 0 radical (unpaired) electrons. The number of pyridine rings is 1. The van der Waals surface area contributed by atoms with Crippen molar-refractivity contribution in [3.8, 4) is 0 Å². The zero-order valence-electron chi connectivity index (χ0n) is 21.2. The quantitative estimate of drug-likeness (QED) is 0.631. The fraction of sp³-hybridized carbons (Fsp3) is 0.633. The zero-order chi connectivity index (χ0) is 24.2. The summed E-state index contributed by atoms with van der Waals surface area (Å²) in [5, 5.41) is 24.6. The standard InChI is InChI=1S/C30H38N2O3/c1-28-10-8-21-15-23-26(33)27(34)24(32(2)3)16-29(23)11-12-30(21,35-29)25(28)7-6-22(28)19-5-4-18-9-13-31-17-20(18)14-19/h4-5,9,13-15,17,21-22,24-27,33-34H,6-8,10-12,16H2,1-3H3/t21?,22-,24+,25-,26-,27-,28-,29-,30-/m1/s1. The molecule has 2 N–H and O–H groups in total. The predicted molar refractivity (Wildman–Crippen MR) is 136 cm³/mol. The van der Waals surface area contributed by atoms with Crippen LogP contribution in [-0.2, 0) is 4.74 Å². The topological polar surface area (TPSA) is 65.8 Å². The Morgan fingerprint density at radius 2 is 1.89 bits per heavy atom. The Bertz CT molecular complexity index is 1210. The molecule has 5 aliphatic rings. The Morgan fingerprint density at radius 3 is 2.71 bits per heavy atom. The Labute approximate surface area is 208 Å². The van der Waals surface area contributed by atoms with Crippen LogP contribution in [0.1, 0.15) is 63.4 Å². The van der Waals surface area contributed by atoms with Gasteiger partial charge in [-0.05, 0) is 105 Å². The first-order chi connectivity index (χ1) is 16.8. The summed E-state index contributed by atoms with van der Waals surface area (Å²) < 4.78 is 7.34. The van der Waals surface area contributed by atoms with Crippen molar-refractivity contribution < 1.29 is 14.9 Å². The Kier molecular flexibility index (Phi) is 4.72. The molecule has 3 aliphatic carbocycles. The van der Waals surface area contributed by atoms with Crippen LogP contribution in [0.25, 0.3) is 10.8 Å². The molecule has 1 aromatic carbocycles. The molecule has 35 heavy (non-hydrogen) atoms. The maximum Gasteiger partial charge on any atom is 0.105 e. The number of ether oxygens (including phenoxy) is 1. The van der Waals surface area contributed by atoms with Crippen LogP contribution in [0.4, 0.5) is 0 Å². The van der Waals surface area contributed by atoms with Crippen molar-refractivity contribution in [3.05, 3.63) is 53.9 Å². The number of rotatable bonds is 2. The summed E-state index contributed by atoms with van der Waals surface area (Å²) in [6, 6.07) is 8.99. The molecule has 1 unspecified atom stereocenters. The third-order valence-corrected chi connectivity index (χ3v) is 11.1. The van der Waals surface area contributed by atoms with Gasteiger partial charge in [0.2, 0.25) is 0 Å². The number of benzene rings is 1. The van der Waals surface area contributed by atoms with E-state index in [1.54, 1.807) is 0 Å². The first-order valence-electron chi connectivity index (χ1n) is 13.6. The number of fused-ring (bicyclic) bond motifs is 2. The molecule has 5 nitrogen and oxygen atoms in total. The monoisotopic (exact) mass is 474 g/mol. The minimum absolute atomic E-state index is 0.0913. The molecular weight excluding hydrogens is 436 g/mol.